The number of ether oxygens (including phenoxy) is 1. The summed E-state index contributed by atoms with van der Waals surface area (Å²) in [5.41, 5.74) is 2.89. The molecule has 3 aliphatic rings. The number of aryl methyl sites for hydroxylation is 1. The quantitative estimate of drug-likeness (QED) is 0.783. The summed E-state index contributed by atoms with van der Waals surface area (Å²) < 4.78 is 5.31. The van der Waals surface area contributed by atoms with Gasteiger partial charge in [0.25, 0.3) is 5.91 Å². The first kappa shape index (κ1) is 11.9. The van der Waals surface area contributed by atoms with Crippen LogP contribution < -0.4 is 5.32 Å². The zero-order valence-corrected chi connectivity index (χ0v) is 11.3. The van der Waals surface area contributed by atoms with Crippen molar-refractivity contribution in [3.05, 3.63) is 34.9 Å². The molecule has 0 saturated carbocycles. The van der Waals surface area contributed by atoms with Gasteiger partial charge in [0.15, 0.2) is 6.23 Å². The lowest BCUT2D eigenvalue weighted by molar-refractivity contribution is -0.126. The predicted octanol–water partition coefficient (Wildman–Crippen LogP) is 1.20. The number of amides is 2. The lowest BCUT2D eigenvalue weighted by Crippen LogP contribution is -2.46. The molecule has 0 radical (unpaired) electrons. The molecule has 20 heavy (non-hydrogen) atoms. The van der Waals surface area contributed by atoms with Gasteiger partial charge in [0.2, 0.25) is 5.91 Å². The Bertz CT molecular complexity index is 619. The van der Waals surface area contributed by atoms with Crippen LogP contribution in [0, 0.1) is 6.92 Å². The molecule has 1 aromatic rings. The number of hydrogen-bond donors (Lipinski definition) is 1. The number of hydrogen-bond acceptors (Lipinski definition) is 3. The molecule has 3 heterocycles. The van der Waals surface area contributed by atoms with Gasteiger partial charge in [0, 0.05) is 13.5 Å². The van der Waals surface area contributed by atoms with E-state index >= 15 is 0 Å². The van der Waals surface area contributed by atoms with Gasteiger partial charge < -0.3 is 15.0 Å². The van der Waals surface area contributed by atoms with Crippen molar-refractivity contribution in [2.24, 2.45) is 0 Å². The van der Waals surface area contributed by atoms with Gasteiger partial charge in [-0.1, -0.05) is 17.7 Å². The molecular formula is C15H18N2O3. The van der Waals surface area contributed by atoms with Crippen LogP contribution in [0.15, 0.2) is 18.2 Å². The molecule has 2 fully saturated rings. The van der Waals surface area contributed by atoms with E-state index in [-0.39, 0.29) is 31.6 Å². The summed E-state index contributed by atoms with van der Waals surface area (Å²) in [4.78, 5) is 26.4. The van der Waals surface area contributed by atoms with Crippen LogP contribution in [0.1, 0.15) is 35.8 Å². The molecule has 0 bridgehead atoms. The van der Waals surface area contributed by atoms with Gasteiger partial charge in [-0.2, -0.15) is 0 Å². The average molecular weight is 274 g/mol. The van der Waals surface area contributed by atoms with Gasteiger partial charge in [0.05, 0.1) is 0 Å². The smallest absolute Gasteiger partial charge is 0.255 e. The van der Waals surface area contributed by atoms with Crippen LogP contribution in [0.5, 0.6) is 0 Å². The molecule has 4 rings (SSSR count). The summed E-state index contributed by atoms with van der Waals surface area (Å²) in [5.74, 6) is -0.121. The van der Waals surface area contributed by atoms with Crippen LogP contribution in [0.25, 0.3) is 0 Å². The third-order valence-corrected chi connectivity index (χ3v) is 4.36. The molecular weight excluding hydrogens is 256 g/mol. The predicted molar refractivity (Wildman–Crippen MR) is 73.0 cm³/mol. The van der Waals surface area contributed by atoms with Crippen molar-refractivity contribution in [2.45, 2.75) is 44.7 Å². The molecule has 3 aliphatic heterocycles. The van der Waals surface area contributed by atoms with Gasteiger partial charge in [-0.05, 0) is 31.4 Å². The van der Waals surface area contributed by atoms with E-state index in [4.69, 9.17) is 4.74 Å². The Morgan fingerprint density at radius 2 is 2.20 bits per heavy atom. The van der Waals surface area contributed by atoms with E-state index in [0.29, 0.717) is 13.0 Å². The van der Waals surface area contributed by atoms with Crippen LogP contribution in [0.2, 0.25) is 0 Å². The van der Waals surface area contributed by atoms with Crippen LogP contribution in [0.4, 0.5) is 0 Å². The van der Waals surface area contributed by atoms with Gasteiger partial charge >= 0.3 is 0 Å². The Hall–Kier alpha value is -1.88. The second-order valence-electron chi connectivity index (χ2n) is 5.79. The van der Waals surface area contributed by atoms with E-state index in [1.165, 1.54) is 0 Å². The van der Waals surface area contributed by atoms with Crippen molar-refractivity contribution >= 4 is 11.8 Å². The molecule has 2 amide bonds. The molecule has 3 unspecified atom stereocenters. The maximum absolute atomic E-state index is 12.5. The summed E-state index contributed by atoms with van der Waals surface area (Å²) in [6.45, 7) is 2.54. The van der Waals surface area contributed by atoms with Crippen molar-refractivity contribution in [3.8, 4) is 0 Å². The first-order valence-corrected chi connectivity index (χ1v) is 7.00. The fraction of sp³-hybridized carbons (Fsp3) is 0.467. The zero-order valence-electron chi connectivity index (χ0n) is 11.3. The molecule has 0 spiro atoms. The fourth-order valence-corrected chi connectivity index (χ4v) is 3.20. The Kier molecular flexibility index (Phi) is 2.41. The molecule has 0 aliphatic carbocycles. The van der Waals surface area contributed by atoms with Crippen LogP contribution in [-0.4, -0.2) is 35.1 Å². The molecule has 1 aromatic carbocycles. The lowest BCUT2D eigenvalue weighted by atomic mass is 10.1. The molecule has 5 heteroatoms. The third-order valence-electron chi connectivity index (χ3n) is 4.36. The molecule has 106 valence electrons. The van der Waals surface area contributed by atoms with Gasteiger partial charge in [-0.25, -0.2) is 0 Å². The topological polar surface area (TPSA) is 61.9 Å². The Morgan fingerprint density at radius 1 is 1.35 bits per heavy atom. The van der Waals surface area contributed by atoms with E-state index in [1.54, 1.807) is 4.90 Å². The number of benzene rings is 1. The summed E-state index contributed by atoms with van der Waals surface area (Å²) in [6.07, 6.45) is 1.51. The SMILES string of the molecule is Cc1ccc2c(c1)CN(C1CCC3OC3NC1=O)C2=O.[HH]. The highest BCUT2D eigenvalue weighted by atomic mass is 16.6. The highest BCUT2D eigenvalue weighted by Gasteiger charge is 2.47. The first-order valence-electron chi connectivity index (χ1n) is 7.00. The highest BCUT2D eigenvalue weighted by Crippen LogP contribution is 2.32. The lowest BCUT2D eigenvalue weighted by Gasteiger charge is -2.25. The average Bonchev–Trinajstić information content (AvgIpc) is 3.08. The molecule has 0 aromatic heterocycles. The number of carbonyl (C=O) groups is 2. The first-order chi connectivity index (χ1) is 9.63. The van der Waals surface area contributed by atoms with Crippen molar-refractivity contribution in [1.82, 2.24) is 10.2 Å². The maximum Gasteiger partial charge on any atom is 0.255 e. The van der Waals surface area contributed by atoms with E-state index < -0.39 is 0 Å². The summed E-state index contributed by atoms with van der Waals surface area (Å²) in [6, 6.07) is 5.47. The van der Waals surface area contributed by atoms with E-state index in [9.17, 15) is 9.59 Å². The summed E-state index contributed by atoms with van der Waals surface area (Å²) in [5, 5.41) is 2.85. The second-order valence-corrected chi connectivity index (χ2v) is 5.79. The number of nitrogens with zero attached hydrogens (tertiary/aromatic N) is 1. The largest absolute Gasteiger partial charge is 0.348 e. The normalized spacial score (nSPS) is 31.4. The maximum atomic E-state index is 12.5. The van der Waals surface area contributed by atoms with Gasteiger partial charge in [-0.15, -0.1) is 0 Å². The van der Waals surface area contributed by atoms with E-state index in [0.717, 1.165) is 23.1 Å². The molecule has 1 N–H and O–H groups in total. The number of carbonyl (C=O) groups excluding carboxylic acids is 2. The monoisotopic (exact) mass is 274 g/mol. The standard InChI is InChI=1S/C15H16N2O3.H2/c1-8-2-3-10-9(6-8)7-17(15(10)19)11-4-5-12-14(20-12)16-13(11)18;/h2-3,6,11-12,14H,4-5,7H2,1H3,(H,16,18);1H. The number of fused-ring (bicyclic) bond motifs is 2. The van der Waals surface area contributed by atoms with E-state index in [1.807, 2.05) is 25.1 Å². The Labute approximate surface area is 118 Å². The van der Waals surface area contributed by atoms with Crippen molar-refractivity contribution in [3.63, 3.8) is 0 Å². The van der Waals surface area contributed by atoms with Gasteiger partial charge in [-0.3, -0.25) is 9.59 Å². The minimum absolute atomic E-state index is 0. The number of nitrogens with one attached hydrogen (secondary N) is 1. The molecule has 5 nitrogen and oxygen atoms in total. The summed E-state index contributed by atoms with van der Waals surface area (Å²) >= 11 is 0. The van der Waals surface area contributed by atoms with Crippen LogP contribution in [-0.2, 0) is 16.1 Å². The highest BCUT2D eigenvalue weighted by molar-refractivity contribution is 6.01. The van der Waals surface area contributed by atoms with Crippen molar-refractivity contribution < 1.29 is 15.8 Å². The Balaban J connectivity index is 0.00000132. The van der Waals surface area contributed by atoms with E-state index in [2.05, 4.69) is 5.32 Å². The number of rotatable bonds is 1. The number of epoxide rings is 1. The van der Waals surface area contributed by atoms with Crippen LogP contribution in [0.3, 0.4) is 0 Å². The Morgan fingerprint density at radius 3 is 3.05 bits per heavy atom. The second kappa shape index (κ2) is 4.06. The molecule has 3 atom stereocenters. The van der Waals surface area contributed by atoms with Crippen molar-refractivity contribution in [2.75, 3.05) is 0 Å². The zero-order chi connectivity index (χ0) is 13.9. The minimum atomic E-state index is -0.369. The summed E-state index contributed by atoms with van der Waals surface area (Å²) in [7, 11) is 0. The molecule has 2 saturated heterocycles. The third kappa shape index (κ3) is 1.73. The fourth-order valence-electron chi connectivity index (χ4n) is 3.20. The van der Waals surface area contributed by atoms with Crippen molar-refractivity contribution in [1.29, 1.82) is 0 Å². The van der Waals surface area contributed by atoms with Crippen LogP contribution >= 0.6 is 0 Å². The van der Waals surface area contributed by atoms with Gasteiger partial charge in [0.1, 0.15) is 12.1 Å². The minimum Gasteiger partial charge on any atom is -0.348 e.